The highest BCUT2D eigenvalue weighted by atomic mass is 79.9. The number of benzene rings is 2. The Morgan fingerprint density at radius 1 is 1.25 bits per heavy atom. The zero-order valence-corrected chi connectivity index (χ0v) is 14.4. The predicted molar refractivity (Wildman–Crippen MR) is 94.7 cm³/mol. The van der Waals surface area contributed by atoms with Gasteiger partial charge in [0.1, 0.15) is 17.1 Å². The molecule has 0 radical (unpaired) electrons. The Bertz CT molecular complexity index is 915. The van der Waals surface area contributed by atoms with Crippen LogP contribution in [-0.2, 0) is 4.79 Å². The third-order valence-corrected chi connectivity index (χ3v) is 3.88. The Kier molecular flexibility index (Phi) is 4.76. The lowest BCUT2D eigenvalue weighted by Gasteiger charge is -2.10. The molecule has 1 heterocycles. The van der Waals surface area contributed by atoms with Crippen molar-refractivity contribution in [2.75, 3.05) is 11.9 Å². The average Bonchev–Trinajstić information content (AvgIpc) is 2.55. The van der Waals surface area contributed by atoms with Gasteiger partial charge in [-0.25, -0.2) is 9.37 Å². The summed E-state index contributed by atoms with van der Waals surface area (Å²) < 4.78 is 19.9. The monoisotopic (exact) mass is 388 g/mol. The van der Waals surface area contributed by atoms with Crippen molar-refractivity contribution in [3.05, 3.63) is 64.5 Å². The molecule has 0 unspecified atom stereocenters. The van der Waals surface area contributed by atoms with Gasteiger partial charge in [-0.1, -0.05) is 34.1 Å². The van der Waals surface area contributed by atoms with Crippen LogP contribution in [0.15, 0.2) is 53.0 Å². The molecule has 0 aliphatic heterocycles. The van der Waals surface area contributed by atoms with Crippen molar-refractivity contribution in [1.82, 2.24) is 4.98 Å². The molecule has 3 rings (SSSR count). The highest BCUT2D eigenvalue weighted by molar-refractivity contribution is 9.10. The number of amides is 1. The number of fused-ring (bicyclic) bond motifs is 1. The number of nitrogens with zero attached hydrogens (tertiary/aromatic N) is 1. The molecule has 1 aromatic heterocycles. The number of hydrogen-bond donors (Lipinski definition) is 1. The molecule has 2 aromatic carbocycles. The molecule has 1 N–H and O–H groups in total. The number of anilines is 1. The highest BCUT2D eigenvalue weighted by Gasteiger charge is 2.10. The topological polar surface area (TPSA) is 51.2 Å². The van der Waals surface area contributed by atoms with Gasteiger partial charge in [-0.3, -0.25) is 4.79 Å². The molecular weight excluding hydrogens is 375 g/mol. The molecular formula is C18H14BrFN2O2. The van der Waals surface area contributed by atoms with Crippen molar-refractivity contribution in [3.63, 3.8) is 0 Å². The van der Waals surface area contributed by atoms with E-state index in [1.165, 1.54) is 12.1 Å². The summed E-state index contributed by atoms with van der Waals surface area (Å²) >= 11 is 3.17. The quantitative estimate of drug-likeness (QED) is 0.717. The number of carbonyl (C=O) groups is 1. The predicted octanol–water partition coefficient (Wildman–Crippen LogP) is 4.46. The van der Waals surface area contributed by atoms with Crippen LogP contribution in [0.4, 0.5) is 10.1 Å². The van der Waals surface area contributed by atoms with Crippen LogP contribution in [0.5, 0.6) is 5.75 Å². The minimum atomic E-state index is -0.514. The molecule has 0 fully saturated rings. The summed E-state index contributed by atoms with van der Waals surface area (Å²) in [6, 6.07) is 13.8. The zero-order chi connectivity index (χ0) is 17.1. The molecule has 0 spiro atoms. The molecule has 1 amide bonds. The van der Waals surface area contributed by atoms with Gasteiger partial charge in [-0.15, -0.1) is 0 Å². The number of aromatic nitrogens is 1. The van der Waals surface area contributed by atoms with Crippen LogP contribution >= 0.6 is 15.9 Å². The van der Waals surface area contributed by atoms with E-state index in [4.69, 9.17) is 4.74 Å². The van der Waals surface area contributed by atoms with E-state index in [0.29, 0.717) is 15.7 Å². The first-order valence-corrected chi connectivity index (χ1v) is 8.06. The van der Waals surface area contributed by atoms with E-state index in [2.05, 4.69) is 26.2 Å². The van der Waals surface area contributed by atoms with E-state index < -0.39 is 11.7 Å². The fraction of sp³-hybridized carbons (Fsp3) is 0.111. The molecule has 4 nitrogen and oxygen atoms in total. The van der Waals surface area contributed by atoms with Crippen molar-refractivity contribution < 1.29 is 13.9 Å². The Hall–Kier alpha value is -2.47. The first-order valence-electron chi connectivity index (χ1n) is 7.27. The third-order valence-electron chi connectivity index (χ3n) is 3.39. The van der Waals surface area contributed by atoms with Gasteiger partial charge in [0.25, 0.3) is 5.91 Å². The molecule has 0 atom stereocenters. The number of halogens is 2. The Labute approximate surface area is 146 Å². The summed E-state index contributed by atoms with van der Waals surface area (Å²) in [6.45, 7) is 1.66. The van der Waals surface area contributed by atoms with Crippen LogP contribution in [0, 0.1) is 12.7 Å². The van der Waals surface area contributed by atoms with Crippen LogP contribution in [0.25, 0.3) is 10.9 Å². The number of rotatable bonds is 4. The molecule has 3 aromatic rings. The van der Waals surface area contributed by atoms with Crippen molar-refractivity contribution in [1.29, 1.82) is 0 Å². The van der Waals surface area contributed by atoms with Crippen molar-refractivity contribution in [2.45, 2.75) is 6.92 Å². The molecule has 6 heteroatoms. The van der Waals surface area contributed by atoms with E-state index in [-0.39, 0.29) is 12.3 Å². The normalized spacial score (nSPS) is 10.6. The lowest BCUT2D eigenvalue weighted by molar-refractivity contribution is -0.118. The first-order chi connectivity index (χ1) is 11.5. The molecule has 0 saturated heterocycles. The van der Waals surface area contributed by atoms with Gasteiger partial charge in [0.2, 0.25) is 0 Å². The summed E-state index contributed by atoms with van der Waals surface area (Å²) in [5, 5.41) is 3.42. The first kappa shape index (κ1) is 16.4. The minimum Gasteiger partial charge on any atom is -0.481 e. The minimum absolute atomic E-state index is 0.110. The SMILES string of the molecule is Cc1ccc2cccc(OCC(=O)Nc3ccc(Br)cc3F)c2n1. The smallest absolute Gasteiger partial charge is 0.262 e. The maximum Gasteiger partial charge on any atom is 0.262 e. The number of ether oxygens (including phenoxy) is 1. The number of hydrogen-bond acceptors (Lipinski definition) is 3. The van der Waals surface area contributed by atoms with E-state index >= 15 is 0 Å². The van der Waals surface area contributed by atoms with Crippen LogP contribution in [0.2, 0.25) is 0 Å². The molecule has 24 heavy (non-hydrogen) atoms. The number of aryl methyl sites for hydroxylation is 1. The number of nitrogens with one attached hydrogen (secondary N) is 1. The van der Waals surface area contributed by atoms with Crippen LogP contribution in [-0.4, -0.2) is 17.5 Å². The molecule has 122 valence electrons. The van der Waals surface area contributed by atoms with E-state index in [9.17, 15) is 9.18 Å². The third kappa shape index (κ3) is 3.71. The Morgan fingerprint density at radius 2 is 2.08 bits per heavy atom. The van der Waals surface area contributed by atoms with Gasteiger partial charge in [0, 0.05) is 15.6 Å². The van der Waals surface area contributed by atoms with Gasteiger partial charge in [0.15, 0.2) is 6.61 Å². The lowest BCUT2D eigenvalue weighted by Crippen LogP contribution is -2.20. The summed E-state index contributed by atoms with van der Waals surface area (Å²) in [5.41, 5.74) is 1.67. The molecule has 0 aliphatic carbocycles. The van der Waals surface area contributed by atoms with Crippen LogP contribution < -0.4 is 10.1 Å². The van der Waals surface area contributed by atoms with Gasteiger partial charge < -0.3 is 10.1 Å². The van der Waals surface area contributed by atoms with Gasteiger partial charge in [-0.2, -0.15) is 0 Å². The number of carbonyl (C=O) groups excluding carboxylic acids is 1. The molecule has 0 saturated carbocycles. The van der Waals surface area contributed by atoms with Gasteiger partial charge in [-0.05, 0) is 37.3 Å². The lowest BCUT2D eigenvalue weighted by atomic mass is 10.2. The highest BCUT2D eigenvalue weighted by Crippen LogP contribution is 2.24. The van der Waals surface area contributed by atoms with Crippen LogP contribution in [0.1, 0.15) is 5.69 Å². The van der Waals surface area contributed by atoms with Gasteiger partial charge in [0.05, 0.1) is 5.69 Å². The second-order valence-electron chi connectivity index (χ2n) is 5.24. The van der Waals surface area contributed by atoms with Crippen LogP contribution in [0.3, 0.4) is 0 Å². The molecule has 0 aliphatic rings. The van der Waals surface area contributed by atoms with Crippen molar-refractivity contribution in [3.8, 4) is 5.75 Å². The molecule has 0 bridgehead atoms. The maximum atomic E-state index is 13.7. The second kappa shape index (κ2) is 6.97. The summed E-state index contributed by atoms with van der Waals surface area (Å²) in [7, 11) is 0. The van der Waals surface area contributed by atoms with E-state index in [1.54, 1.807) is 12.1 Å². The Morgan fingerprint density at radius 3 is 2.88 bits per heavy atom. The van der Waals surface area contributed by atoms with Crippen molar-refractivity contribution in [2.24, 2.45) is 0 Å². The fourth-order valence-electron chi connectivity index (χ4n) is 2.25. The standard InChI is InChI=1S/C18H14BrFN2O2/c1-11-5-6-12-3-2-4-16(18(12)21-11)24-10-17(23)22-15-8-7-13(19)9-14(15)20/h2-9H,10H2,1H3,(H,22,23). The summed E-state index contributed by atoms with van der Waals surface area (Å²) in [5.74, 6) is -0.441. The number of pyridine rings is 1. The zero-order valence-electron chi connectivity index (χ0n) is 12.8. The number of para-hydroxylation sites is 1. The summed E-state index contributed by atoms with van der Waals surface area (Å²) in [6.07, 6.45) is 0. The average molecular weight is 389 g/mol. The fourth-order valence-corrected chi connectivity index (χ4v) is 2.59. The van der Waals surface area contributed by atoms with Crippen molar-refractivity contribution >= 4 is 38.4 Å². The Balaban J connectivity index is 1.71. The second-order valence-corrected chi connectivity index (χ2v) is 6.16. The van der Waals surface area contributed by atoms with E-state index in [0.717, 1.165) is 11.1 Å². The largest absolute Gasteiger partial charge is 0.481 e. The van der Waals surface area contributed by atoms with Gasteiger partial charge >= 0.3 is 0 Å². The maximum absolute atomic E-state index is 13.7. The van der Waals surface area contributed by atoms with E-state index in [1.807, 2.05) is 31.2 Å². The summed E-state index contributed by atoms with van der Waals surface area (Å²) in [4.78, 5) is 16.4.